The van der Waals surface area contributed by atoms with Crippen molar-refractivity contribution < 1.29 is 9.53 Å². The van der Waals surface area contributed by atoms with E-state index < -0.39 is 6.09 Å². The first kappa shape index (κ1) is 12.2. The molecule has 2 aromatic rings. The number of hydrogen-bond donors (Lipinski definition) is 1. The summed E-state index contributed by atoms with van der Waals surface area (Å²) in [6, 6.07) is 9.78. The van der Waals surface area contributed by atoms with E-state index in [1.807, 2.05) is 43.6 Å². The highest BCUT2D eigenvalue weighted by Crippen LogP contribution is 2.19. The van der Waals surface area contributed by atoms with Crippen LogP contribution in [0.4, 0.5) is 10.7 Å². The third-order valence-electron chi connectivity index (χ3n) is 2.44. The second-order valence-electron chi connectivity index (χ2n) is 3.77. The van der Waals surface area contributed by atoms with E-state index in [4.69, 9.17) is 4.74 Å². The van der Waals surface area contributed by atoms with Gasteiger partial charge in [-0.3, -0.25) is 5.32 Å². The van der Waals surface area contributed by atoms with E-state index in [0.717, 1.165) is 11.3 Å². The predicted octanol–water partition coefficient (Wildman–Crippen LogP) is 2.66. The molecule has 1 aromatic heterocycles. The zero-order valence-corrected chi connectivity index (χ0v) is 10.4. The lowest BCUT2D eigenvalue weighted by Gasteiger charge is -2.03. The zero-order valence-electron chi connectivity index (χ0n) is 10.4. The summed E-state index contributed by atoms with van der Waals surface area (Å²) in [5.74, 6) is 0.465. The van der Waals surface area contributed by atoms with Crippen LogP contribution in [-0.2, 0) is 11.8 Å². The molecule has 0 aliphatic rings. The fraction of sp³-hybridized carbons (Fsp3) is 0.231. The van der Waals surface area contributed by atoms with Crippen LogP contribution in [0.1, 0.15) is 6.92 Å². The summed E-state index contributed by atoms with van der Waals surface area (Å²) in [5, 5.41) is 2.59. The second-order valence-corrected chi connectivity index (χ2v) is 3.77. The summed E-state index contributed by atoms with van der Waals surface area (Å²) >= 11 is 0. The highest BCUT2D eigenvalue weighted by Gasteiger charge is 2.10. The van der Waals surface area contributed by atoms with E-state index in [2.05, 4.69) is 10.3 Å². The molecule has 18 heavy (non-hydrogen) atoms. The zero-order chi connectivity index (χ0) is 13.0. The molecule has 0 radical (unpaired) electrons. The van der Waals surface area contributed by atoms with Crippen LogP contribution >= 0.6 is 0 Å². The number of anilines is 1. The fourth-order valence-corrected chi connectivity index (χ4v) is 1.59. The molecule has 0 unspecified atom stereocenters. The molecule has 0 fully saturated rings. The van der Waals surface area contributed by atoms with E-state index >= 15 is 0 Å². The Morgan fingerprint density at radius 3 is 2.78 bits per heavy atom. The maximum absolute atomic E-state index is 11.3. The number of imidazole rings is 1. The summed E-state index contributed by atoms with van der Waals surface area (Å²) < 4.78 is 6.56. The van der Waals surface area contributed by atoms with E-state index in [-0.39, 0.29) is 0 Å². The minimum absolute atomic E-state index is 0.335. The van der Waals surface area contributed by atoms with Crippen LogP contribution in [-0.4, -0.2) is 22.3 Å². The van der Waals surface area contributed by atoms with Gasteiger partial charge in [0.15, 0.2) is 0 Å². The number of hydrogen-bond acceptors (Lipinski definition) is 3. The molecule has 1 aromatic carbocycles. The molecule has 0 aliphatic carbocycles. The normalized spacial score (nSPS) is 10.1. The van der Waals surface area contributed by atoms with E-state index in [1.165, 1.54) is 0 Å². The number of aryl methyl sites for hydroxylation is 1. The monoisotopic (exact) mass is 245 g/mol. The Kier molecular flexibility index (Phi) is 3.62. The molecule has 0 saturated carbocycles. The molecule has 0 aliphatic heterocycles. The molecular formula is C13H15N3O2. The topological polar surface area (TPSA) is 56.1 Å². The van der Waals surface area contributed by atoms with Gasteiger partial charge in [-0.15, -0.1) is 0 Å². The van der Waals surface area contributed by atoms with Gasteiger partial charge in [0.25, 0.3) is 0 Å². The summed E-state index contributed by atoms with van der Waals surface area (Å²) in [5.41, 5.74) is 1.81. The van der Waals surface area contributed by atoms with E-state index in [0.29, 0.717) is 12.6 Å². The van der Waals surface area contributed by atoms with Crippen LogP contribution in [0.15, 0.2) is 36.5 Å². The SMILES string of the molecule is CCOC(=O)Nc1nc(-c2ccccc2)cn1C. The number of nitrogens with one attached hydrogen (secondary N) is 1. The number of carbonyl (C=O) groups is 1. The Labute approximate surface area is 105 Å². The molecule has 94 valence electrons. The third kappa shape index (κ3) is 2.68. The van der Waals surface area contributed by atoms with Gasteiger partial charge in [-0.05, 0) is 6.92 Å². The van der Waals surface area contributed by atoms with Crippen LogP contribution in [0.25, 0.3) is 11.3 Å². The van der Waals surface area contributed by atoms with Crippen LogP contribution in [0.3, 0.4) is 0 Å². The van der Waals surface area contributed by atoms with Crippen molar-refractivity contribution in [1.29, 1.82) is 0 Å². The van der Waals surface area contributed by atoms with Gasteiger partial charge < -0.3 is 9.30 Å². The van der Waals surface area contributed by atoms with Crippen molar-refractivity contribution in [2.75, 3.05) is 11.9 Å². The minimum atomic E-state index is -0.495. The number of aromatic nitrogens is 2. The lowest BCUT2D eigenvalue weighted by molar-refractivity contribution is 0.167. The van der Waals surface area contributed by atoms with Crippen molar-refractivity contribution in [3.8, 4) is 11.3 Å². The standard InChI is InChI=1S/C13H15N3O2/c1-3-18-13(17)15-12-14-11(9-16(12)2)10-7-5-4-6-8-10/h4-9H,3H2,1-2H3,(H,14,15,17). The van der Waals surface area contributed by atoms with Gasteiger partial charge in [0.2, 0.25) is 5.95 Å². The van der Waals surface area contributed by atoms with Crippen LogP contribution in [0.5, 0.6) is 0 Å². The Morgan fingerprint density at radius 2 is 2.11 bits per heavy atom. The molecule has 1 amide bonds. The molecule has 0 bridgehead atoms. The number of benzene rings is 1. The largest absolute Gasteiger partial charge is 0.450 e. The smallest absolute Gasteiger partial charge is 0.413 e. The fourth-order valence-electron chi connectivity index (χ4n) is 1.59. The van der Waals surface area contributed by atoms with Crippen molar-refractivity contribution in [3.63, 3.8) is 0 Å². The second kappa shape index (κ2) is 5.35. The Balaban J connectivity index is 2.20. The van der Waals surface area contributed by atoms with Crippen LogP contribution in [0, 0.1) is 0 Å². The molecule has 0 atom stereocenters. The first-order valence-electron chi connectivity index (χ1n) is 5.73. The Morgan fingerprint density at radius 1 is 1.39 bits per heavy atom. The number of amides is 1. The number of nitrogens with zero attached hydrogens (tertiary/aromatic N) is 2. The highest BCUT2D eigenvalue weighted by atomic mass is 16.5. The number of ether oxygens (including phenoxy) is 1. The average molecular weight is 245 g/mol. The molecular weight excluding hydrogens is 230 g/mol. The van der Waals surface area contributed by atoms with Crippen molar-refractivity contribution >= 4 is 12.0 Å². The predicted molar refractivity (Wildman–Crippen MR) is 69.3 cm³/mol. The molecule has 5 heteroatoms. The number of rotatable bonds is 3. The molecule has 0 spiro atoms. The number of carbonyl (C=O) groups excluding carboxylic acids is 1. The van der Waals surface area contributed by atoms with Gasteiger partial charge in [0.1, 0.15) is 0 Å². The average Bonchev–Trinajstić information content (AvgIpc) is 2.72. The van der Waals surface area contributed by atoms with E-state index in [9.17, 15) is 4.79 Å². The Hall–Kier alpha value is -2.30. The maximum Gasteiger partial charge on any atom is 0.413 e. The van der Waals surface area contributed by atoms with Crippen molar-refractivity contribution in [2.24, 2.45) is 7.05 Å². The van der Waals surface area contributed by atoms with Gasteiger partial charge in [-0.25, -0.2) is 9.78 Å². The quantitative estimate of drug-likeness (QED) is 0.904. The molecule has 1 heterocycles. The van der Waals surface area contributed by atoms with Crippen LogP contribution < -0.4 is 5.32 Å². The highest BCUT2D eigenvalue weighted by molar-refractivity contribution is 5.83. The maximum atomic E-state index is 11.3. The third-order valence-corrected chi connectivity index (χ3v) is 2.44. The van der Waals surface area contributed by atoms with Crippen LogP contribution in [0.2, 0.25) is 0 Å². The van der Waals surface area contributed by atoms with Gasteiger partial charge in [0, 0.05) is 18.8 Å². The minimum Gasteiger partial charge on any atom is -0.450 e. The molecule has 5 nitrogen and oxygen atoms in total. The van der Waals surface area contributed by atoms with Gasteiger partial charge >= 0.3 is 6.09 Å². The van der Waals surface area contributed by atoms with Crippen molar-refractivity contribution in [2.45, 2.75) is 6.92 Å². The summed E-state index contributed by atoms with van der Waals surface area (Å²) in [7, 11) is 1.82. The van der Waals surface area contributed by atoms with Gasteiger partial charge in [0.05, 0.1) is 12.3 Å². The first-order chi connectivity index (χ1) is 8.70. The lowest BCUT2D eigenvalue weighted by Crippen LogP contribution is -2.15. The van der Waals surface area contributed by atoms with Gasteiger partial charge in [-0.1, -0.05) is 30.3 Å². The van der Waals surface area contributed by atoms with Gasteiger partial charge in [-0.2, -0.15) is 0 Å². The molecule has 1 N–H and O–H groups in total. The van der Waals surface area contributed by atoms with E-state index in [1.54, 1.807) is 11.5 Å². The summed E-state index contributed by atoms with van der Waals surface area (Å²) in [4.78, 5) is 15.7. The molecule has 2 rings (SSSR count). The Bertz CT molecular complexity index is 534. The molecule has 0 saturated heterocycles. The first-order valence-corrected chi connectivity index (χ1v) is 5.73. The van der Waals surface area contributed by atoms with Crippen molar-refractivity contribution in [3.05, 3.63) is 36.5 Å². The summed E-state index contributed by atoms with van der Waals surface area (Å²) in [6.07, 6.45) is 1.36. The van der Waals surface area contributed by atoms with Crippen molar-refractivity contribution in [1.82, 2.24) is 9.55 Å². The summed E-state index contributed by atoms with van der Waals surface area (Å²) in [6.45, 7) is 2.09. The lowest BCUT2D eigenvalue weighted by atomic mass is 10.2.